The number of benzene rings is 1. The average Bonchev–Trinajstić information content (AvgIpc) is 2.68. The molecule has 0 heterocycles. The van der Waals surface area contributed by atoms with E-state index in [1.54, 1.807) is 21.3 Å². The minimum atomic E-state index is -2.58. The smallest absolute Gasteiger partial charge is 0.492 e. The van der Waals surface area contributed by atoms with Crippen molar-refractivity contribution in [3.63, 3.8) is 0 Å². The number of rotatable bonds is 14. The van der Waals surface area contributed by atoms with E-state index in [9.17, 15) is 10.1 Å². The van der Waals surface area contributed by atoms with Crippen LogP contribution < -0.4 is 9.47 Å². The summed E-state index contributed by atoms with van der Waals surface area (Å²) < 4.78 is 32.6. The molecule has 154 valence electrons. The Bertz CT molecular complexity index is 586. The van der Waals surface area contributed by atoms with Crippen molar-refractivity contribution in [3.05, 3.63) is 27.8 Å². The van der Waals surface area contributed by atoms with E-state index >= 15 is 0 Å². The van der Waals surface area contributed by atoms with Crippen LogP contribution in [0.5, 0.6) is 11.5 Å². The van der Waals surface area contributed by atoms with Crippen LogP contribution >= 0.6 is 0 Å². The number of ether oxygens (including phenoxy) is 3. The molecule has 1 rings (SSSR count). The topological polar surface area (TPSA) is 98.5 Å². The lowest BCUT2D eigenvalue weighted by molar-refractivity contribution is -0.386. The predicted molar refractivity (Wildman–Crippen MR) is 101 cm³/mol. The van der Waals surface area contributed by atoms with Gasteiger partial charge < -0.3 is 27.5 Å². The first kappa shape index (κ1) is 23.3. The Kier molecular flexibility index (Phi) is 10.3. The van der Waals surface area contributed by atoms with Crippen LogP contribution in [-0.4, -0.2) is 55.4 Å². The van der Waals surface area contributed by atoms with Crippen LogP contribution in [0.4, 0.5) is 5.69 Å². The highest BCUT2D eigenvalue weighted by atomic mass is 28.4. The predicted octanol–water partition coefficient (Wildman–Crippen LogP) is 3.18. The summed E-state index contributed by atoms with van der Waals surface area (Å²) in [4.78, 5) is 10.9. The molecule has 0 saturated carbocycles. The normalized spacial score (nSPS) is 11.4. The Morgan fingerprint density at radius 2 is 1.74 bits per heavy atom. The molecule has 0 amide bonds. The molecular weight excluding hydrogens is 374 g/mol. The SMILES string of the molecule is CCOc1ccc([N+](=O)[O-])c(COCCCC[Si](OC)(OC)OC)c1OC. The summed E-state index contributed by atoms with van der Waals surface area (Å²) >= 11 is 0. The molecule has 0 saturated heterocycles. The van der Waals surface area contributed by atoms with Gasteiger partial charge in [0.25, 0.3) is 5.69 Å². The summed E-state index contributed by atoms with van der Waals surface area (Å²) in [5.74, 6) is 0.788. The van der Waals surface area contributed by atoms with Gasteiger partial charge in [0.15, 0.2) is 11.5 Å². The zero-order valence-electron chi connectivity index (χ0n) is 16.6. The van der Waals surface area contributed by atoms with Gasteiger partial charge in [0.1, 0.15) is 5.56 Å². The van der Waals surface area contributed by atoms with Crippen LogP contribution in [0, 0.1) is 10.1 Å². The molecule has 0 spiro atoms. The lowest BCUT2D eigenvalue weighted by Crippen LogP contribution is -2.42. The second-order valence-corrected chi connectivity index (χ2v) is 8.68. The Morgan fingerprint density at radius 1 is 1.07 bits per heavy atom. The summed E-state index contributed by atoms with van der Waals surface area (Å²) in [7, 11) is 3.60. The molecule has 0 aromatic heterocycles. The molecule has 0 bridgehead atoms. The van der Waals surface area contributed by atoms with Crippen LogP contribution in [-0.2, 0) is 24.6 Å². The molecule has 0 aliphatic carbocycles. The molecule has 0 unspecified atom stereocenters. The number of hydrogen-bond acceptors (Lipinski definition) is 8. The molecular formula is C17H29NO8Si. The van der Waals surface area contributed by atoms with Gasteiger partial charge in [0, 0.05) is 40.0 Å². The highest BCUT2D eigenvalue weighted by Gasteiger charge is 2.36. The monoisotopic (exact) mass is 403 g/mol. The van der Waals surface area contributed by atoms with Crippen molar-refractivity contribution in [2.24, 2.45) is 0 Å². The maximum Gasteiger partial charge on any atom is 0.500 e. The van der Waals surface area contributed by atoms with Crippen molar-refractivity contribution in [2.45, 2.75) is 32.4 Å². The number of nitrogens with zero attached hydrogens (tertiary/aromatic N) is 1. The third kappa shape index (κ3) is 6.43. The van der Waals surface area contributed by atoms with Gasteiger partial charge in [0.2, 0.25) is 0 Å². The van der Waals surface area contributed by atoms with Crippen molar-refractivity contribution in [1.82, 2.24) is 0 Å². The van der Waals surface area contributed by atoms with Crippen molar-refractivity contribution < 1.29 is 32.4 Å². The molecule has 0 N–H and O–H groups in total. The van der Waals surface area contributed by atoms with Crippen molar-refractivity contribution in [2.75, 3.05) is 41.7 Å². The average molecular weight is 404 g/mol. The number of nitro benzene ring substituents is 1. The largest absolute Gasteiger partial charge is 0.500 e. The summed E-state index contributed by atoms with van der Waals surface area (Å²) in [5, 5.41) is 11.3. The number of methoxy groups -OCH3 is 1. The quantitative estimate of drug-likeness (QED) is 0.202. The van der Waals surface area contributed by atoms with Gasteiger partial charge in [-0.05, 0) is 25.8 Å². The van der Waals surface area contributed by atoms with Crippen LogP contribution in [0.25, 0.3) is 0 Å². The van der Waals surface area contributed by atoms with Gasteiger partial charge in [0.05, 0.1) is 25.2 Å². The van der Waals surface area contributed by atoms with E-state index in [0.717, 1.165) is 12.8 Å². The highest BCUT2D eigenvalue weighted by Crippen LogP contribution is 2.37. The summed E-state index contributed by atoms with van der Waals surface area (Å²) in [6.45, 7) is 2.75. The van der Waals surface area contributed by atoms with Gasteiger partial charge >= 0.3 is 8.80 Å². The molecule has 0 aliphatic heterocycles. The lowest BCUT2D eigenvalue weighted by atomic mass is 10.1. The van der Waals surface area contributed by atoms with Crippen molar-refractivity contribution in [1.29, 1.82) is 0 Å². The second kappa shape index (κ2) is 11.9. The molecule has 0 fully saturated rings. The van der Waals surface area contributed by atoms with Gasteiger partial charge in [-0.1, -0.05) is 0 Å². The molecule has 0 atom stereocenters. The van der Waals surface area contributed by atoms with Crippen LogP contribution in [0.3, 0.4) is 0 Å². The first-order valence-corrected chi connectivity index (χ1v) is 10.6. The number of unbranched alkanes of at least 4 members (excludes halogenated alkanes) is 1. The van der Waals surface area contributed by atoms with E-state index in [2.05, 4.69) is 0 Å². The Morgan fingerprint density at radius 3 is 2.26 bits per heavy atom. The van der Waals surface area contributed by atoms with Crippen LogP contribution in [0.2, 0.25) is 6.04 Å². The Balaban J connectivity index is 2.68. The van der Waals surface area contributed by atoms with Gasteiger partial charge in [-0.25, -0.2) is 0 Å². The van der Waals surface area contributed by atoms with Gasteiger partial charge in [-0.3, -0.25) is 10.1 Å². The fourth-order valence-corrected chi connectivity index (χ4v) is 4.47. The van der Waals surface area contributed by atoms with E-state index < -0.39 is 13.7 Å². The summed E-state index contributed by atoms with van der Waals surface area (Å²) in [5.41, 5.74) is 0.308. The van der Waals surface area contributed by atoms with E-state index in [-0.39, 0.29) is 12.3 Å². The Hall–Kier alpha value is -1.72. The van der Waals surface area contributed by atoms with E-state index in [1.807, 2.05) is 6.92 Å². The minimum absolute atomic E-state index is 0.0557. The van der Waals surface area contributed by atoms with Gasteiger partial charge in [-0.2, -0.15) is 0 Å². The molecule has 1 aromatic carbocycles. The maximum absolute atomic E-state index is 11.3. The highest BCUT2D eigenvalue weighted by molar-refractivity contribution is 6.60. The fraction of sp³-hybridized carbons (Fsp3) is 0.647. The zero-order chi connectivity index (χ0) is 20.3. The molecule has 9 nitrogen and oxygen atoms in total. The van der Waals surface area contributed by atoms with E-state index in [0.29, 0.717) is 36.3 Å². The van der Waals surface area contributed by atoms with Crippen LogP contribution in [0.1, 0.15) is 25.3 Å². The number of hydrogen-bond donors (Lipinski definition) is 0. The molecule has 27 heavy (non-hydrogen) atoms. The molecule has 10 heteroatoms. The van der Waals surface area contributed by atoms with Crippen molar-refractivity contribution >= 4 is 14.5 Å². The third-order valence-electron chi connectivity index (χ3n) is 4.10. The molecule has 0 aliphatic rings. The fourth-order valence-electron chi connectivity index (χ4n) is 2.68. The zero-order valence-corrected chi connectivity index (χ0v) is 17.6. The first-order valence-electron chi connectivity index (χ1n) is 8.68. The van der Waals surface area contributed by atoms with E-state index in [1.165, 1.54) is 19.2 Å². The Labute approximate surface area is 161 Å². The maximum atomic E-state index is 11.3. The molecule has 1 aromatic rings. The van der Waals surface area contributed by atoms with E-state index in [4.69, 9.17) is 27.5 Å². The number of nitro groups is 1. The van der Waals surface area contributed by atoms with Crippen LogP contribution in [0.15, 0.2) is 12.1 Å². The second-order valence-electron chi connectivity index (χ2n) is 5.59. The minimum Gasteiger partial charge on any atom is -0.492 e. The summed E-state index contributed by atoms with van der Waals surface area (Å²) in [6, 6.07) is 3.61. The molecule has 0 radical (unpaired) electrons. The lowest BCUT2D eigenvalue weighted by Gasteiger charge is -2.24. The van der Waals surface area contributed by atoms with Crippen molar-refractivity contribution in [3.8, 4) is 11.5 Å². The van der Waals surface area contributed by atoms with Gasteiger partial charge in [-0.15, -0.1) is 0 Å². The third-order valence-corrected chi connectivity index (χ3v) is 6.93. The standard InChI is InChI=1S/C17H29NO8Si/c1-6-26-16-10-9-15(18(19)20)14(17(16)21-2)13-25-11-7-8-12-27(22-3,23-4)24-5/h9-10H,6-8,11-13H2,1-5H3. The first-order chi connectivity index (χ1) is 13.0. The summed E-state index contributed by atoms with van der Waals surface area (Å²) in [6.07, 6.45) is 1.53.